The highest BCUT2D eigenvalue weighted by molar-refractivity contribution is 6.26. The second-order valence-electron chi connectivity index (χ2n) is 22.5. The van der Waals surface area contributed by atoms with Crippen LogP contribution in [0.25, 0.3) is 134 Å². The Kier molecular flexibility index (Phi) is 13.8. The molecule has 0 radical (unpaired) electrons. The number of benzene rings is 12. The highest BCUT2D eigenvalue weighted by Crippen LogP contribution is 2.57. The van der Waals surface area contributed by atoms with Crippen LogP contribution in [-0.4, -0.2) is 44.6 Å². The number of aromatic nitrogens is 4. The molecule has 0 unspecified atom stereocenters. The summed E-state index contributed by atoms with van der Waals surface area (Å²) in [6.07, 6.45) is 1.82. The summed E-state index contributed by atoms with van der Waals surface area (Å²) in [5, 5.41) is 0. The third-order valence-electron chi connectivity index (χ3n) is 17.1. The Bertz CT molecular complexity index is 4970. The number of nitrogens with zero attached hydrogens (tertiary/aromatic N) is 4. The Morgan fingerprint density at radius 1 is 0.318 bits per heavy atom. The van der Waals surface area contributed by atoms with Gasteiger partial charge in [-0.2, -0.15) is 0 Å². The average Bonchev–Trinajstić information content (AvgIpc) is 1.52. The van der Waals surface area contributed by atoms with Gasteiger partial charge in [-0.1, -0.05) is 255 Å². The SMILES string of the molecule is COCCCc1ccc2c(c1)nc1n2C(=O)c2c(-c3ccccc3)c(-c3ccccc3)c(-c3ccccc3)c(-c3ccccc3)c2-1.Cc1ccc2c(c1)nc1n2C(=O)c2c(-c3ccccc3)c(-c3ccccc3)c(-c3ccccc3)c(-c3ccccc3)c2-1. The molecule has 2 aliphatic rings. The summed E-state index contributed by atoms with van der Waals surface area (Å²) in [5.41, 5.74) is 25.3. The van der Waals surface area contributed by atoms with Gasteiger partial charge in [-0.25, -0.2) is 9.97 Å². The van der Waals surface area contributed by atoms with Gasteiger partial charge in [-0.3, -0.25) is 18.7 Å². The van der Waals surface area contributed by atoms with Crippen LogP contribution in [0, 0.1) is 6.92 Å². The Labute approximate surface area is 511 Å². The molecule has 0 spiro atoms. The third-order valence-corrected chi connectivity index (χ3v) is 17.1. The minimum absolute atomic E-state index is 0.0424. The van der Waals surface area contributed by atoms with E-state index >= 15 is 0 Å². The fraction of sp³-hybridized carbons (Fsp3) is 0.0617. The van der Waals surface area contributed by atoms with Crippen molar-refractivity contribution in [3.05, 3.63) is 301 Å². The van der Waals surface area contributed by atoms with Gasteiger partial charge >= 0.3 is 0 Å². The molecule has 12 aromatic carbocycles. The first-order valence-electron chi connectivity index (χ1n) is 30.0. The smallest absolute Gasteiger partial charge is 0.265 e. The molecule has 0 atom stereocenters. The van der Waals surface area contributed by atoms with Crippen molar-refractivity contribution in [2.24, 2.45) is 0 Å². The van der Waals surface area contributed by atoms with Gasteiger partial charge in [0.2, 0.25) is 0 Å². The lowest BCUT2D eigenvalue weighted by Gasteiger charge is -2.24. The fourth-order valence-corrected chi connectivity index (χ4v) is 13.4. The zero-order valence-corrected chi connectivity index (χ0v) is 48.7. The Morgan fingerprint density at radius 2 is 0.591 bits per heavy atom. The number of fused-ring (bicyclic) bond motifs is 10. The molecule has 0 amide bonds. The zero-order valence-electron chi connectivity index (χ0n) is 48.7. The van der Waals surface area contributed by atoms with E-state index in [0.717, 1.165) is 141 Å². The lowest BCUT2D eigenvalue weighted by molar-refractivity contribution is 0.0965. The minimum Gasteiger partial charge on any atom is -0.385 e. The number of ether oxygens (including phenoxy) is 1. The number of hydrogen-bond donors (Lipinski definition) is 0. The van der Waals surface area contributed by atoms with Crippen molar-refractivity contribution in [1.29, 1.82) is 0 Å². The van der Waals surface area contributed by atoms with Crippen LogP contribution in [0.5, 0.6) is 0 Å². The Hall–Kier alpha value is -11.1. The van der Waals surface area contributed by atoms with Crippen LogP contribution < -0.4 is 0 Å². The molecular formula is C81H58N4O3. The fourth-order valence-electron chi connectivity index (χ4n) is 13.4. The highest BCUT2D eigenvalue weighted by atomic mass is 16.5. The molecular weight excluding hydrogens is 1080 g/mol. The van der Waals surface area contributed by atoms with Crippen molar-refractivity contribution in [3.8, 4) is 112 Å². The molecule has 0 bridgehead atoms. The van der Waals surface area contributed by atoms with E-state index in [1.54, 1.807) is 7.11 Å². The minimum atomic E-state index is -0.0486. The molecule has 88 heavy (non-hydrogen) atoms. The first-order chi connectivity index (χ1) is 43.4. The van der Waals surface area contributed by atoms with Gasteiger partial charge in [-0.05, 0) is 122 Å². The first kappa shape index (κ1) is 53.6. The number of carbonyl (C=O) groups is 2. The van der Waals surface area contributed by atoms with E-state index in [1.165, 1.54) is 5.56 Å². The van der Waals surface area contributed by atoms with Crippen molar-refractivity contribution in [2.45, 2.75) is 19.8 Å². The van der Waals surface area contributed by atoms with E-state index in [1.807, 2.05) is 88.0 Å². The summed E-state index contributed by atoms with van der Waals surface area (Å²) >= 11 is 0. The van der Waals surface area contributed by atoms with Crippen molar-refractivity contribution in [2.75, 3.05) is 13.7 Å². The predicted molar refractivity (Wildman–Crippen MR) is 358 cm³/mol. The van der Waals surface area contributed by atoms with Crippen LogP contribution in [0.1, 0.15) is 38.3 Å². The number of methoxy groups -OCH3 is 1. The van der Waals surface area contributed by atoms with Crippen LogP contribution in [0.3, 0.4) is 0 Å². The van der Waals surface area contributed by atoms with E-state index in [2.05, 4.69) is 207 Å². The van der Waals surface area contributed by atoms with E-state index in [4.69, 9.17) is 14.7 Å². The molecule has 0 saturated heterocycles. The normalized spacial score (nSPS) is 12.0. The lowest BCUT2D eigenvalue weighted by Crippen LogP contribution is -2.09. The topological polar surface area (TPSA) is 79.0 Å². The predicted octanol–water partition coefficient (Wildman–Crippen LogP) is 19.6. The van der Waals surface area contributed by atoms with E-state index in [-0.39, 0.29) is 11.8 Å². The van der Waals surface area contributed by atoms with Crippen LogP contribution >= 0.6 is 0 Å². The van der Waals surface area contributed by atoms with Gasteiger partial charge in [0, 0.05) is 47.1 Å². The molecule has 7 nitrogen and oxygen atoms in total. The largest absolute Gasteiger partial charge is 0.385 e. The second kappa shape index (κ2) is 22.7. The quantitative estimate of drug-likeness (QED) is 0.114. The molecule has 2 aliphatic heterocycles. The second-order valence-corrected chi connectivity index (χ2v) is 22.5. The van der Waals surface area contributed by atoms with Crippen LogP contribution in [-0.2, 0) is 11.2 Å². The number of rotatable bonds is 12. The molecule has 7 heteroatoms. The summed E-state index contributed by atoms with van der Waals surface area (Å²) in [5.74, 6) is 1.30. The van der Waals surface area contributed by atoms with E-state index in [0.29, 0.717) is 29.4 Å². The standard InChI is InChI=1S/C42H32N2O2.C39H26N2O/c1-46-26-14-15-28-24-25-34-33(27-28)43-41-39-37(31-20-10-4-11-21-31)35(29-16-6-2-7-17-29)36(30-18-8-3-9-19-30)38(32-22-12-5-13-23-32)40(39)42(45)44(34)41;1-25-22-23-31-30(24-25)40-38-36-34(28-18-10-4-11-19-28)32(26-14-6-2-7-15-26)33(27-16-8-3-9-17-27)35(29-20-12-5-13-21-29)37(36)39(42)41(31)38/h2-13,16-25,27H,14-15,26H2,1H3;2-24H,1H3. The average molecular weight is 1140 g/mol. The van der Waals surface area contributed by atoms with Gasteiger partial charge in [-0.15, -0.1) is 0 Å². The first-order valence-corrected chi connectivity index (χ1v) is 30.0. The zero-order chi connectivity index (χ0) is 59.2. The van der Waals surface area contributed by atoms with Crippen molar-refractivity contribution < 1.29 is 14.3 Å². The summed E-state index contributed by atoms with van der Waals surface area (Å²) in [4.78, 5) is 40.1. The van der Waals surface area contributed by atoms with Crippen LogP contribution in [0.4, 0.5) is 0 Å². The molecule has 420 valence electrons. The maximum atomic E-state index is 15.0. The van der Waals surface area contributed by atoms with Gasteiger partial charge in [0.05, 0.1) is 33.2 Å². The molecule has 2 aromatic heterocycles. The summed E-state index contributed by atoms with van der Waals surface area (Å²) in [7, 11) is 1.73. The molecule has 0 aliphatic carbocycles. The third kappa shape index (κ3) is 9.10. The maximum Gasteiger partial charge on any atom is 0.265 e. The monoisotopic (exact) mass is 1130 g/mol. The van der Waals surface area contributed by atoms with Crippen molar-refractivity contribution >= 4 is 33.9 Å². The van der Waals surface area contributed by atoms with Crippen LogP contribution in [0.2, 0.25) is 0 Å². The Morgan fingerprint density at radius 3 is 0.898 bits per heavy atom. The van der Waals surface area contributed by atoms with Crippen LogP contribution in [0.15, 0.2) is 279 Å². The number of hydrogen-bond acceptors (Lipinski definition) is 5. The molecule has 16 rings (SSSR count). The van der Waals surface area contributed by atoms with Crippen molar-refractivity contribution in [3.63, 3.8) is 0 Å². The molecule has 0 saturated carbocycles. The molecule has 0 N–H and O–H groups in total. The van der Waals surface area contributed by atoms with Gasteiger partial charge in [0.25, 0.3) is 11.8 Å². The van der Waals surface area contributed by atoms with Gasteiger partial charge in [0.1, 0.15) is 11.6 Å². The number of imidazole rings is 2. The Balaban J connectivity index is 0.000000148. The van der Waals surface area contributed by atoms with E-state index in [9.17, 15) is 9.59 Å². The summed E-state index contributed by atoms with van der Waals surface area (Å²) < 4.78 is 8.94. The number of aryl methyl sites for hydroxylation is 2. The number of carbonyl (C=O) groups excluding carboxylic acids is 2. The summed E-state index contributed by atoms with van der Waals surface area (Å²) in [6.45, 7) is 2.76. The van der Waals surface area contributed by atoms with Gasteiger partial charge < -0.3 is 4.74 Å². The maximum absolute atomic E-state index is 15.0. The highest BCUT2D eigenvalue weighted by Gasteiger charge is 2.41. The van der Waals surface area contributed by atoms with Crippen molar-refractivity contribution in [1.82, 2.24) is 19.1 Å². The van der Waals surface area contributed by atoms with E-state index < -0.39 is 0 Å². The molecule has 0 fully saturated rings. The van der Waals surface area contributed by atoms with Gasteiger partial charge in [0.15, 0.2) is 0 Å². The summed E-state index contributed by atoms with van der Waals surface area (Å²) in [6, 6.07) is 96.0. The lowest BCUT2D eigenvalue weighted by atomic mass is 9.77. The molecule has 14 aromatic rings. The molecule has 4 heterocycles.